The number of aliphatic carboxylic acids is 1. The Morgan fingerprint density at radius 1 is 0.825 bits per heavy atom. The van der Waals surface area contributed by atoms with Crippen molar-refractivity contribution in [3.63, 3.8) is 0 Å². The number of aryl methyl sites for hydroxylation is 2. The Morgan fingerprint density at radius 3 is 2.05 bits per heavy atom. The maximum absolute atomic E-state index is 13.3. The molecule has 0 spiro atoms. The van der Waals surface area contributed by atoms with Crippen LogP contribution < -0.4 is 10.6 Å². The van der Waals surface area contributed by atoms with Crippen molar-refractivity contribution in [2.45, 2.75) is 72.4 Å². The smallest absolute Gasteiger partial charge is 0.304 e. The minimum Gasteiger partial charge on any atom is -0.481 e. The van der Waals surface area contributed by atoms with Crippen molar-refractivity contribution in [3.05, 3.63) is 95.6 Å². The Morgan fingerprint density at radius 2 is 1.45 bits per heavy atom. The Balaban J connectivity index is 1.63. The molecule has 3 atom stereocenters. The first-order valence-corrected chi connectivity index (χ1v) is 14.0. The van der Waals surface area contributed by atoms with Crippen LogP contribution in [0.5, 0.6) is 0 Å². The van der Waals surface area contributed by atoms with Crippen molar-refractivity contribution in [1.82, 2.24) is 10.6 Å². The molecule has 0 saturated carbocycles. The number of rotatable bonds is 12. The average Bonchev–Trinajstić information content (AvgIpc) is 2.91. The van der Waals surface area contributed by atoms with Crippen LogP contribution >= 0.6 is 0 Å². The second kappa shape index (κ2) is 13.9. The lowest BCUT2D eigenvalue weighted by molar-refractivity contribution is -0.142. The van der Waals surface area contributed by atoms with Crippen molar-refractivity contribution in [2.24, 2.45) is 11.3 Å². The maximum atomic E-state index is 13.3. The summed E-state index contributed by atoms with van der Waals surface area (Å²) in [6.45, 7) is 9.65. The first-order valence-electron chi connectivity index (χ1n) is 14.0. The Hall–Kier alpha value is -3.93. The molecule has 212 valence electrons. The van der Waals surface area contributed by atoms with Crippen LogP contribution in [0.15, 0.2) is 78.9 Å². The number of carbonyl (C=O) groups is 3. The third kappa shape index (κ3) is 8.80. The molecule has 0 aliphatic rings. The van der Waals surface area contributed by atoms with E-state index in [1.54, 1.807) is 0 Å². The van der Waals surface area contributed by atoms with Crippen LogP contribution in [-0.4, -0.2) is 28.9 Å². The van der Waals surface area contributed by atoms with Gasteiger partial charge in [-0.2, -0.15) is 0 Å². The minimum atomic E-state index is -1.03. The highest BCUT2D eigenvalue weighted by Gasteiger charge is 2.35. The van der Waals surface area contributed by atoms with Gasteiger partial charge in [-0.05, 0) is 66.3 Å². The summed E-state index contributed by atoms with van der Waals surface area (Å²) in [5.74, 6) is -2.45. The van der Waals surface area contributed by atoms with Crippen LogP contribution in [0.4, 0.5) is 0 Å². The molecule has 0 aliphatic heterocycles. The average molecular weight is 543 g/mol. The number of benzene rings is 3. The molecule has 0 saturated heterocycles. The highest BCUT2D eigenvalue weighted by molar-refractivity contribution is 5.90. The van der Waals surface area contributed by atoms with Gasteiger partial charge < -0.3 is 15.7 Å². The third-order valence-corrected chi connectivity index (χ3v) is 7.29. The van der Waals surface area contributed by atoms with Gasteiger partial charge in [0.15, 0.2) is 0 Å². The summed E-state index contributed by atoms with van der Waals surface area (Å²) < 4.78 is 0. The fourth-order valence-corrected chi connectivity index (χ4v) is 4.89. The van der Waals surface area contributed by atoms with E-state index >= 15 is 0 Å². The zero-order valence-corrected chi connectivity index (χ0v) is 24.2. The minimum absolute atomic E-state index is 0.234. The molecule has 0 aliphatic carbocycles. The van der Waals surface area contributed by atoms with Gasteiger partial charge in [-0.15, -0.1) is 0 Å². The largest absolute Gasteiger partial charge is 0.481 e. The van der Waals surface area contributed by atoms with E-state index in [2.05, 4.69) is 54.0 Å². The molecule has 0 bridgehead atoms. The summed E-state index contributed by atoms with van der Waals surface area (Å²) in [5, 5.41) is 15.4. The quantitative estimate of drug-likeness (QED) is 0.244. The van der Waals surface area contributed by atoms with Crippen molar-refractivity contribution in [2.75, 3.05) is 0 Å². The fourth-order valence-electron chi connectivity index (χ4n) is 4.89. The molecule has 0 radical (unpaired) electrons. The van der Waals surface area contributed by atoms with Gasteiger partial charge in [0.1, 0.15) is 6.04 Å². The van der Waals surface area contributed by atoms with Crippen molar-refractivity contribution >= 4 is 17.8 Å². The summed E-state index contributed by atoms with van der Waals surface area (Å²) in [5.41, 5.74) is 5.10. The number of carboxylic acid groups (broad SMARTS) is 1. The topological polar surface area (TPSA) is 95.5 Å². The number of nitrogens with one attached hydrogen (secondary N) is 2. The van der Waals surface area contributed by atoms with Gasteiger partial charge >= 0.3 is 5.97 Å². The molecule has 6 heteroatoms. The van der Waals surface area contributed by atoms with Crippen LogP contribution in [0.2, 0.25) is 0 Å². The van der Waals surface area contributed by atoms with E-state index in [4.69, 9.17) is 0 Å². The van der Waals surface area contributed by atoms with Crippen molar-refractivity contribution in [3.8, 4) is 11.1 Å². The van der Waals surface area contributed by atoms with Crippen LogP contribution in [0, 0.1) is 18.3 Å². The summed E-state index contributed by atoms with van der Waals surface area (Å²) in [7, 11) is 0. The Kier molecular flexibility index (Phi) is 10.7. The first kappa shape index (κ1) is 30.6. The molecule has 3 aromatic rings. The summed E-state index contributed by atoms with van der Waals surface area (Å²) >= 11 is 0. The lowest BCUT2D eigenvalue weighted by atomic mass is 9.85. The highest BCUT2D eigenvalue weighted by atomic mass is 16.4. The van der Waals surface area contributed by atoms with Crippen LogP contribution in [0.25, 0.3) is 11.1 Å². The summed E-state index contributed by atoms with van der Waals surface area (Å²) in [4.78, 5) is 38.2. The monoisotopic (exact) mass is 542 g/mol. The molecule has 3 rings (SSSR count). The second-order valence-electron chi connectivity index (χ2n) is 11.6. The third-order valence-electron chi connectivity index (χ3n) is 7.29. The maximum Gasteiger partial charge on any atom is 0.304 e. The molecule has 40 heavy (non-hydrogen) atoms. The number of amides is 2. The second-order valence-corrected chi connectivity index (χ2v) is 11.6. The van der Waals surface area contributed by atoms with Gasteiger partial charge in [0, 0.05) is 5.92 Å². The zero-order valence-electron chi connectivity index (χ0n) is 24.2. The Labute approximate surface area is 238 Å². The lowest BCUT2D eigenvalue weighted by Crippen LogP contribution is -2.55. The van der Waals surface area contributed by atoms with Crippen LogP contribution in [0.3, 0.4) is 0 Å². The van der Waals surface area contributed by atoms with Gasteiger partial charge in [-0.25, -0.2) is 0 Å². The fraction of sp³-hybridized carbons (Fsp3) is 0.382. The van der Waals surface area contributed by atoms with Crippen molar-refractivity contribution in [1.29, 1.82) is 0 Å². The summed E-state index contributed by atoms with van der Waals surface area (Å²) in [6, 6.07) is 25.2. The lowest BCUT2D eigenvalue weighted by Gasteiger charge is -2.32. The molecule has 0 aromatic heterocycles. The number of hydrogen-bond donors (Lipinski definition) is 3. The van der Waals surface area contributed by atoms with E-state index in [0.29, 0.717) is 12.8 Å². The molecule has 3 aromatic carbocycles. The van der Waals surface area contributed by atoms with Crippen LogP contribution in [0.1, 0.15) is 69.7 Å². The van der Waals surface area contributed by atoms with E-state index in [1.807, 2.05) is 70.2 Å². The van der Waals surface area contributed by atoms with E-state index in [9.17, 15) is 19.5 Å². The molecule has 2 amide bonds. The van der Waals surface area contributed by atoms with Gasteiger partial charge in [0.2, 0.25) is 11.8 Å². The predicted molar refractivity (Wildman–Crippen MR) is 160 cm³/mol. The normalized spacial score (nSPS) is 13.6. The Bertz CT molecular complexity index is 1280. The highest BCUT2D eigenvalue weighted by Crippen LogP contribution is 2.25. The molecule has 0 fully saturated rings. The van der Waals surface area contributed by atoms with E-state index in [-0.39, 0.29) is 18.4 Å². The van der Waals surface area contributed by atoms with Crippen molar-refractivity contribution < 1.29 is 19.5 Å². The van der Waals surface area contributed by atoms with Gasteiger partial charge in [0.25, 0.3) is 0 Å². The van der Waals surface area contributed by atoms with E-state index in [1.165, 1.54) is 11.1 Å². The number of carboxylic acids is 1. The summed E-state index contributed by atoms with van der Waals surface area (Å²) in [6.07, 6.45) is 1.52. The van der Waals surface area contributed by atoms with E-state index < -0.39 is 29.3 Å². The predicted octanol–water partition coefficient (Wildman–Crippen LogP) is 6.48. The van der Waals surface area contributed by atoms with E-state index in [0.717, 1.165) is 23.1 Å². The zero-order chi connectivity index (χ0) is 29.3. The first-order chi connectivity index (χ1) is 19.0. The number of carbonyl (C=O) groups excluding carboxylic acids is 2. The SMILES string of the molecule is Cc1ccccc1-c1ccc(CCCC(CC(=O)O)C(=O)N[C@H](C(=O)N[C@H](C)c2ccccc2)C(C)(C)C)cc1. The van der Waals surface area contributed by atoms with Gasteiger partial charge in [-0.1, -0.05) is 99.6 Å². The number of hydrogen-bond acceptors (Lipinski definition) is 3. The molecular weight excluding hydrogens is 500 g/mol. The molecule has 6 nitrogen and oxygen atoms in total. The molecule has 1 unspecified atom stereocenters. The van der Waals surface area contributed by atoms with Crippen LogP contribution in [-0.2, 0) is 20.8 Å². The molecule has 0 heterocycles. The standard InChI is InChI=1S/C34H42N2O4/c1-23-12-9-10-17-29(23)27-20-18-25(19-21-27)13-11-16-28(22-30(37)38)32(39)36-31(34(3,4)5)33(40)35-24(2)26-14-7-6-8-15-26/h6-10,12,14-15,17-21,24,28,31H,11,13,16,22H2,1-5H3,(H,35,40)(H,36,39)(H,37,38)/t24-,28?,31-/m1/s1. The molecule has 3 N–H and O–H groups in total. The molecular formula is C34H42N2O4. The van der Waals surface area contributed by atoms with Gasteiger partial charge in [-0.3, -0.25) is 14.4 Å². The van der Waals surface area contributed by atoms with Gasteiger partial charge in [0.05, 0.1) is 12.5 Å².